The van der Waals surface area contributed by atoms with Crippen LogP contribution < -0.4 is 10.1 Å². The lowest BCUT2D eigenvalue weighted by Crippen LogP contribution is -2.18. The van der Waals surface area contributed by atoms with Gasteiger partial charge in [0, 0.05) is 17.8 Å². The van der Waals surface area contributed by atoms with Crippen molar-refractivity contribution in [2.24, 2.45) is 0 Å². The van der Waals surface area contributed by atoms with E-state index in [2.05, 4.69) is 49.3 Å². The number of aryl methyl sites for hydroxylation is 1. The second-order valence-electron chi connectivity index (χ2n) is 4.78. The molecule has 0 spiro atoms. The summed E-state index contributed by atoms with van der Waals surface area (Å²) in [5.74, 6) is 1.50. The van der Waals surface area contributed by atoms with Crippen molar-refractivity contribution in [3.63, 3.8) is 0 Å². The Hall–Kier alpha value is -1.87. The molecule has 0 amide bonds. The van der Waals surface area contributed by atoms with Crippen LogP contribution in [0.3, 0.4) is 0 Å². The summed E-state index contributed by atoms with van der Waals surface area (Å²) < 4.78 is 5.93. The topological polar surface area (TPSA) is 34.2 Å². The van der Waals surface area contributed by atoms with Gasteiger partial charge >= 0.3 is 0 Å². The molecule has 1 aromatic carbocycles. The summed E-state index contributed by atoms with van der Waals surface area (Å²) in [6.45, 7) is 7.27. The quantitative estimate of drug-likeness (QED) is 0.857. The van der Waals surface area contributed by atoms with Gasteiger partial charge in [-0.3, -0.25) is 0 Å². The molecule has 3 nitrogen and oxygen atoms in total. The zero-order valence-electron chi connectivity index (χ0n) is 12.4. The highest BCUT2D eigenvalue weighted by molar-refractivity contribution is 5.35. The highest BCUT2D eigenvalue weighted by atomic mass is 16.5. The van der Waals surface area contributed by atoms with Gasteiger partial charge in [-0.05, 0) is 43.7 Å². The minimum atomic E-state index is 0.221. The van der Waals surface area contributed by atoms with Crippen molar-refractivity contribution in [1.82, 2.24) is 10.3 Å². The number of rotatable bonds is 6. The minimum absolute atomic E-state index is 0.221. The summed E-state index contributed by atoms with van der Waals surface area (Å²) in [5, 5.41) is 3.39. The van der Waals surface area contributed by atoms with Crippen LogP contribution in [0.1, 0.15) is 37.9 Å². The molecule has 0 bridgehead atoms. The van der Waals surface area contributed by atoms with Crippen LogP contribution in [0.15, 0.2) is 42.6 Å². The average molecular weight is 270 g/mol. The van der Waals surface area contributed by atoms with Crippen molar-refractivity contribution in [2.75, 3.05) is 6.54 Å². The van der Waals surface area contributed by atoms with E-state index in [1.54, 1.807) is 6.20 Å². The summed E-state index contributed by atoms with van der Waals surface area (Å²) in [6, 6.07) is 12.4. The molecule has 1 atom stereocenters. The fourth-order valence-corrected chi connectivity index (χ4v) is 2.14. The van der Waals surface area contributed by atoms with Gasteiger partial charge in [-0.25, -0.2) is 4.98 Å². The SMILES string of the molecule is CCNC(C)c1cccnc1Oc1ccc(CC)cc1. The maximum Gasteiger partial charge on any atom is 0.223 e. The molecule has 3 heteroatoms. The second-order valence-corrected chi connectivity index (χ2v) is 4.78. The standard InChI is InChI=1S/C17H22N2O/c1-4-14-8-10-15(11-9-14)20-17-16(7-6-12-19-17)13(3)18-5-2/h6-13,18H,4-5H2,1-3H3. The van der Waals surface area contributed by atoms with Crippen molar-refractivity contribution in [2.45, 2.75) is 33.2 Å². The molecule has 0 fully saturated rings. The number of benzene rings is 1. The summed E-state index contributed by atoms with van der Waals surface area (Å²) >= 11 is 0. The normalized spacial score (nSPS) is 12.2. The van der Waals surface area contributed by atoms with Gasteiger partial charge in [-0.1, -0.05) is 32.0 Å². The predicted octanol–water partition coefficient (Wildman–Crippen LogP) is 4.11. The molecule has 0 saturated carbocycles. The molecular weight excluding hydrogens is 248 g/mol. The fourth-order valence-electron chi connectivity index (χ4n) is 2.14. The highest BCUT2D eigenvalue weighted by Gasteiger charge is 2.12. The molecule has 0 radical (unpaired) electrons. The number of aromatic nitrogens is 1. The first-order valence-electron chi connectivity index (χ1n) is 7.19. The third-order valence-electron chi connectivity index (χ3n) is 3.32. The summed E-state index contributed by atoms with van der Waals surface area (Å²) in [7, 11) is 0. The van der Waals surface area contributed by atoms with Gasteiger partial charge in [0.15, 0.2) is 0 Å². The van der Waals surface area contributed by atoms with E-state index in [4.69, 9.17) is 4.74 Å². The van der Waals surface area contributed by atoms with Crippen molar-refractivity contribution < 1.29 is 4.74 Å². The van der Waals surface area contributed by atoms with Crippen LogP contribution in [-0.2, 0) is 6.42 Å². The van der Waals surface area contributed by atoms with Crippen molar-refractivity contribution in [1.29, 1.82) is 0 Å². The van der Waals surface area contributed by atoms with Crippen LogP contribution in [0, 0.1) is 0 Å². The Bertz CT molecular complexity index is 537. The zero-order valence-corrected chi connectivity index (χ0v) is 12.4. The smallest absolute Gasteiger partial charge is 0.223 e. The predicted molar refractivity (Wildman–Crippen MR) is 82.2 cm³/mol. The molecule has 1 N–H and O–H groups in total. The van der Waals surface area contributed by atoms with Crippen LogP contribution in [-0.4, -0.2) is 11.5 Å². The molecule has 0 saturated heterocycles. The summed E-state index contributed by atoms with van der Waals surface area (Å²) in [6.07, 6.45) is 2.80. The fraction of sp³-hybridized carbons (Fsp3) is 0.353. The van der Waals surface area contributed by atoms with E-state index in [0.717, 1.165) is 24.3 Å². The van der Waals surface area contributed by atoms with Gasteiger partial charge < -0.3 is 10.1 Å². The molecule has 1 aromatic heterocycles. The van der Waals surface area contributed by atoms with E-state index in [1.807, 2.05) is 18.2 Å². The Morgan fingerprint density at radius 2 is 1.90 bits per heavy atom. The molecule has 2 rings (SSSR count). The van der Waals surface area contributed by atoms with E-state index in [9.17, 15) is 0 Å². The van der Waals surface area contributed by atoms with Gasteiger partial charge in [-0.15, -0.1) is 0 Å². The summed E-state index contributed by atoms with van der Waals surface area (Å²) in [4.78, 5) is 4.36. The van der Waals surface area contributed by atoms with Gasteiger partial charge in [0.2, 0.25) is 5.88 Å². The van der Waals surface area contributed by atoms with E-state index >= 15 is 0 Å². The number of hydrogen-bond acceptors (Lipinski definition) is 3. The minimum Gasteiger partial charge on any atom is -0.439 e. The average Bonchev–Trinajstić information content (AvgIpc) is 2.49. The Labute approximate surface area is 121 Å². The van der Waals surface area contributed by atoms with Gasteiger partial charge in [0.25, 0.3) is 0 Å². The lowest BCUT2D eigenvalue weighted by Gasteiger charge is -2.16. The molecule has 0 aliphatic rings. The number of ether oxygens (including phenoxy) is 1. The maximum atomic E-state index is 5.93. The number of nitrogens with one attached hydrogen (secondary N) is 1. The van der Waals surface area contributed by atoms with Crippen LogP contribution in [0.4, 0.5) is 0 Å². The van der Waals surface area contributed by atoms with Crippen molar-refractivity contribution >= 4 is 0 Å². The first-order chi connectivity index (χ1) is 9.74. The lowest BCUT2D eigenvalue weighted by molar-refractivity contribution is 0.444. The monoisotopic (exact) mass is 270 g/mol. The summed E-state index contributed by atoms with van der Waals surface area (Å²) in [5.41, 5.74) is 2.38. The Kier molecular flexibility index (Phi) is 5.13. The van der Waals surface area contributed by atoms with Gasteiger partial charge in [0.1, 0.15) is 5.75 Å². The number of nitrogens with zero attached hydrogens (tertiary/aromatic N) is 1. The van der Waals surface area contributed by atoms with E-state index in [0.29, 0.717) is 5.88 Å². The Balaban J connectivity index is 2.19. The van der Waals surface area contributed by atoms with E-state index < -0.39 is 0 Å². The molecule has 106 valence electrons. The second kappa shape index (κ2) is 7.06. The van der Waals surface area contributed by atoms with Crippen LogP contribution in [0.25, 0.3) is 0 Å². The van der Waals surface area contributed by atoms with Crippen molar-refractivity contribution in [3.8, 4) is 11.6 Å². The molecule has 20 heavy (non-hydrogen) atoms. The maximum absolute atomic E-state index is 5.93. The Morgan fingerprint density at radius 3 is 2.55 bits per heavy atom. The van der Waals surface area contributed by atoms with E-state index in [-0.39, 0.29) is 6.04 Å². The first-order valence-corrected chi connectivity index (χ1v) is 7.19. The van der Waals surface area contributed by atoms with E-state index in [1.165, 1.54) is 5.56 Å². The third kappa shape index (κ3) is 3.58. The molecule has 0 aliphatic carbocycles. The molecular formula is C17H22N2O. The lowest BCUT2D eigenvalue weighted by atomic mass is 10.1. The van der Waals surface area contributed by atoms with Gasteiger partial charge in [0.05, 0.1) is 0 Å². The largest absolute Gasteiger partial charge is 0.439 e. The van der Waals surface area contributed by atoms with Crippen LogP contribution >= 0.6 is 0 Å². The van der Waals surface area contributed by atoms with Crippen molar-refractivity contribution in [3.05, 3.63) is 53.7 Å². The number of hydrogen-bond donors (Lipinski definition) is 1. The highest BCUT2D eigenvalue weighted by Crippen LogP contribution is 2.27. The molecule has 1 unspecified atom stereocenters. The van der Waals surface area contributed by atoms with Gasteiger partial charge in [-0.2, -0.15) is 0 Å². The molecule has 0 aliphatic heterocycles. The van der Waals surface area contributed by atoms with Crippen LogP contribution in [0.5, 0.6) is 11.6 Å². The number of pyridine rings is 1. The third-order valence-corrected chi connectivity index (χ3v) is 3.32. The zero-order chi connectivity index (χ0) is 14.4. The van der Waals surface area contributed by atoms with Crippen LogP contribution in [0.2, 0.25) is 0 Å². The molecule has 2 aromatic rings. The first kappa shape index (κ1) is 14.5. The molecule has 1 heterocycles. The Morgan fingerprint density at radius 1 is 1.15 bits per heavy atom.